The molecule has 5 aromatic rings. The molecule has 5 rings (SSSR count). The smallest absolute Gasteiger partial charge is 0.337 e. The van der Waals surface area contributed by atoms with Crippen LogP contribution in [0.3, 0.4) is 0 Å². The van der Waals surface area contributed by atoms with Crippen LogP contribution in [0, 0.1) is 20.8 Å². The summed E-state index contributed by atoms with van der Waals surface area (Å²) >= 11 is 0. The lowest BCUT2D eigenvalue weighted by Crippen LogP contribution is -2.10. The van der Waals surface area contributed by atoms with Crippen molar-refractivity contribution in [2.45, 2.75) is 20.8 Å². The van der Waals surface area contributed by atoms with Crippen molar-refractivity contribution < 1.29 is 14.6 Å². The van der Waals surface area contributed by atoms with Gasteiger partial charge in [0.2, 0.25) is 0 Å². The summed E-state index contributed by atoms with van der Waals surface area (Å²) in [5, 5.41) is 22.5. The molecular weight excluding hydrogens is 444 g/mol. The number of carboxylic acids is 1. The molecule has 0 bridgehead atoms. The Morgan fingerprint density at radius 2 is 1.86 bits per heavy atom. The molecular formula is C26H24N6O3. The van der Waals surface area contributed by atoms with E-state index in [4.69, 9.17) is 9.84 Å². The van der Waals surface area contributed by atoms with Gasteiger partial charge in [-0.1, -0.05) is 18.2 Å². The average Bonchev–Trinajstić information content (AvgIpc) is 3.43. The Morgan fingerprint density at radius 3 is 2.60 bits per heavy atom. The van der Waals surface area contributed by atoms with E-state index in [1.165, 1.54) is 19.5 Å². The summed E-state index contributed by atoms with van der Waals surface area (Å²) in [6.45, 7) is 5.79. The van der Waals surface area contributed by atoms with E-state index in [-0.39, 0.29) is 5.56 Å². The van der Waals surface area contributed by atoms with Crippen molar-refractivity contribution in [1.82, 2.24) is 24.4 Å². The van der Waals surface area contributed by atoms with E-state index in [9.17, 15) is 9.90 Å². The molecule has 0 atom stereocenters. The first-order valence-corrected chi connectivity index (χ1v) is 11.0. The van der Waals surface area contributed by atoms with E-state index in [0.29, 0.717) is 17.3 Å². The Balaban J connectivity index is 1.77. The van der Waals surface area contributed by atoms with Gasteiger partial charge in [0.1, 0.15) is 17.9 Å². The highest BCUT2D eigenvalue weighted by atomic mass is 16.5. The first kappa shape index (κ1) is 22.1. The van der Waals surface area contributed by atoms with Crippen LogP contribution >= 0.6 is 0 Å². The number of hydrogen-bond acceptors (Lipinski definition) is 6. The molecule has 3 aromatic heterocycles. The summed E-state index contributed by atoms with van der Waals surface area (Å²) in [5.41, 5.74) is 6.42. The number of fused-ring (bicyclic) bond motifs is 1. The van der Waals surface area contributed by atoms with E-state index >= 15 is 0 Å². The number of methoxy groups -OCH3 is 1. The minimum absolute atomic E-state index is 0.106. The Morgan fingerprint density at radius 1 is 1.06 bits per heavy atom. The van der Waals surface area contributed by atoms with Crippen molar-refractivity contribution in [3.05, 3.63) is 83.4 Å². The predicted molar refractivity (Wildman–Crippen MR) is 133 cm³/mol. The number of rotatable bonds is 6. The Kier molecular flexibility index (Phi) is 5.44. The fourth-order valence-corrected chi connectivity index (χ4v) is 4.25. The van der Waals surface area contributed by atoms with E-state index in [1.54, 1.807) is 10.6 Å². The quantitative estimate of drug-likeness (QED) is 0.363. The number of aromatic carboxylic acids is 1. The zero-order valence-electron chi connectivity index (χ0n) is 19.8. The molecule has 9 nitrogen and oxygen atoms in total. The number of benzene rings is 2. The zero-order valence-corrected chi connectivity index (χ0v) is 19.8. The van der Waals surface area contributed by atoms with Crippen molar-refractivity contribution in [2.24, 2.45) is 0 Å². The zero-order chi connectivity index (χ0) is 24.7. The highest BCUT2D eigenvalue weighted by molar-refractivity contribution is 5.97. The summed E-state index contributed by atoms with van der Waals surface area (Å²) in [4.78, 5) is 16.4. The first-order chi connectivity index (χ1) is 16.9. The maximum absolute atomic E-state index is 12.2. The minimum Gasteiger partial charge on any atom is -0.497 e. The molecule has 2 aromatic carbocycles. The fraction of sp³-hybridized carbons (Fsp3) is 0.154. The van der Waals surface area contributed by atoms with Gasteiger partial charge in [0.15, 0.2) is 5.65 Å². The second kappa shape index (κ2) is 8.60. The number of ether oxygens (including phenoxy) is 1. The lowest BCUT2D eigenvalue weighted by atomic mass is 10.0. The van der Waals surface area contributed by atoms with Crippen molar-refractivity contribution in [3.8, 4) is 22.6 Å². The van der Waals surface area contributed by atoms with Gasteiger partial charge in [-0.3, -0.25) is 0 Å². The van der Waals surface area contributed by atoms with Crippen molar-refractivity contribution in [1.29, 1.82) is 0 Å². The van der Waals surface area contributed by atoms with Crippen LogP contribution in [0.5, 0.6) is 5.75 Å². The molecule has 3 heterocycles. The Labute approximate surface area is 201 Å². The van der Waals surface area contributed by atoms with Gasteiger partial charge in [-0.25, -0.2) is 19.0 Å². The first-order valence-electron chi connectivity index (χ1n) is 11.0. The van der Waals surface area contributed by atoms with Gasteiger partial charge in [-0.05, 0) is 62.2 Å². The van der Waals surface area contributed by atoms with Gasteiger partial charge in [0.05, 0.1) is 29.7 Å². The maximum Gasteiger partial charge on any atom is 0.337 e. The van der Waals surface area contributed by atoms with Crippen LogP contribution in [-0.4, -0.2) is 42.6 Å². The molecule has 0 saturated carbocycles. The molecule has 0 fully saturated rings. The van der Waals surface area contributed by atoms with E-state index in [0.717, 1.165) is 39.3 Å². The number of aromatic nitrogens is 5. The topological polar surface area (TPSA) is 107 Å². The molecule has 0 aliphatic heterocycles. The third kappa shape index (κ3) is 3.86. The number of carbonyl (C=O) groups is 1. The molecule has 9 heteroatoms. The largest absolute Gasteiger partial charge is 0.497 e. The molecule has 0 amide bonds. The number of pyridine rings is 1. The number of hydrogen-bond donors (Lipinski definition) is 2. The van der Waals surface area contributed by atoms with Crippen LogP contribution in [0.1, 0.15) is 27.2 Å². The van der Waals surface area contributed by atoms with E-state index in [2.05, 4.69) is 15.4 Å². The predicted octanol–water partition coefficient (Wildman–Crippen LogP) is 4.96. The SMILES string of the molecule is COc1cc(C)c(Nc2c(-c3ccc4ncnn4c3)c(C)nn2-c2ccccc2C)c(C(=O)O)c1. The van der Waals surface area contributed by atoms with Gasteiger partial charge >= 0.3 is 5.97 Å². The third-order valence-corrected chi connectivity index (χ3v) is 5.99. The Hall–Kier alpha value is -4.66. The molecule has 2 N–H and O–H groups in total. The van der Waals surface area contributed by atoms with Crippen molar-refractivity contribution >= 4 is 23.1 Å². The molecule has 0 radical (unpaired) electrons. The Bertz CT molecular complexity index is 1580. The molecule has 0 saturated heterocycles. The standard InChI is InChI=1S/C26H24N6O3/c1-15-7-5-6-8-21(15)32-25(29-24-16(2)11-19(35-4)12-20(24)26(33)34)23(17(3)30-32)18-9-10-22-27-14-28-31(22)13-18/h5-14,29H,1-4H3,(H,33,34). The van der Waals surface area contributed by atoms with Gasteiger partial charge in [0.25, 0.3) is 0 Å². The van der Waals surface area contributed by atoms with Gasteiger partial charge in [-0.2, -0.15) is 10.2 Å². The molecule has 0 spiro atoms. The lowest BCUT2D eigenvalue weighted by molar-refractivity contribution is 0.0697. The highest BCUT2D eigenvalue weighted by Gasteiger charge is 2.23. The molecule has 0 aliphatic carbocycles. The number of anilines is 2. The van der Waals surface area contributed by atoms with Crippen molar-refractivity contribution in [2.75, 3.05) is 12.4 Å². The van der Waals surface area contributed by atoms with Crippen LogP contribution in [0.15, 0.2) is 61.1 Å². The van der Waals surface area contributed by atoms with Crippen LogP contribution in [0.25, 0.3) is 22.5 Å². The van der Waals surface area contributed by atoms with Gasteiger partial charge in [-0.15, -0.1) is 0 Å². The second-order valence-electron chi connectivity index (χ2n) is 8.28. The summed E-state index contributed by atoms with van der Waals surface area (Å²) < 4.78 is 8.83. The van der Waals surface area contributed by atoms with Crippen LogP contribution in [0.4, 0.5) is 11.5 Å². The van der Waals surface area contributed by atoms with E-state index < -0.39 is 5.97 Å². The third-order valence-electron chi connectivity index (χ3n) is 5.99. The molecule has 0 aliphatic rings. The summed E-state index contributed by atoms with van der Waals surface area (Å²) in [5.74, 6) is 0.0664. The van der Waals surface area contributed by atoms with Gasteiger partial charge < -0.3 is 15.2 Å². The lowest BCUT2D eigenvalue weighted by Gasteiger charge is -2.18. The van der Waals surface area contributed by atoms with Crippen molar-refractivity contribution in [3.63, 3.8) is 0 Å². The molecule has 176 valence electrons. The summed E-state index contributed by atoms with van der Waals surface area (Å²) in [7, 11) is 1.52. The number of carboxylic acid groups (broad SMARTS) is 1. The van der Waals surface area contributed by atoms with Crippen LogP contribution in [0.2, 0.25) is 0 Å². The number of nitrogens with zero attached hydrogens (tertiary/aromatic N) is 5. The molecule has 0 unspecified atom stereocenters. The van der Waals surface area contributed by atoms with Crippen LogP contribution in [-0.2, 0) is 0 Å². The minimum atomic E-state index is -1.06. The average molecular weight is 469 g/mol. The van der Waals surface area contributed by atoms with Gasteiger partial charge in [0, 0.05) is 17.3 Å². The second-order valence-corrected chi connectivity index (χ2v) is 8.28. The van der Waals surface area contributed by atoms with E-state index in [1.807, 2.05) is 68.0 Å². The number of aryl methyl sites for hydroxylation is 3. The molecule has 35 heavy (non-hydrogen) atoms. The normalized spacial score (nSPS) is 11.1. The maximum atomic E-state index is 12.2. The summed E-state index contributed by atoms with van der Waals surface area (Å²) in [6, 6.07) is 15.1. The number of para-hydroxylation sites is 1. The number of nitrogens with one attached hydrogen (secondary N) is 1. The summed E-state index contributed by atoms with van der Waals surface area (Å²) in [6.07, 6.45) is 3.39. The monoisotopic (exact) mass is 468 g/mol. The highest BCUT2D eigenvalue weighted by Crippen LogP contribution is 2.38. The van der Waals surface area contributed by atoms with Crippen LogP contribution < -0.4 is 10.1 Å². The fourth-order valence-electron chi connectivity index (χ4n) is 4.25.